The van der Waals surface area contributed by atoms with Crippen LogP contribution in [0.3, 0.4) is 0 Å². The lowest BCUT2D eigenvalue weighted by Crippen LogP contribution is -2.35. The molecule has 0 saturated heterocycles. The number of nitrogens with one attached hydrogen (secondary N) is 2. The molecule has 0 atom stereocenters. The van der Waals surface area contributed by atoms with Crippen LogP contribution in [0.4, 0.5) is 11.4 Å². The zero-order valence-electron chi connectivity index (χ0n) is 14.0. The molecule has 0 unspecified atom stereocenters. The number of carbonyl (C=O) groups excluding carboxylic acids is 1. The first-order chi connectivity index (χ1) is 12.0. The number of nitro groups is 1. The molecule has 0 aliphatic carbocycles. The average Bonchev–Trinajstić information content (AvgIpc) is 3.07. The highest BCUT2D eigenvalue weighted by Gasteiger charge is 2.18. The average molecular weight is 340 g/mol. The number of carbonyl (C=O) groups is 1. The number of nitro benzene ring substituents is 1. The van der Waals surface area contributed by atoms with Crippen molar-refractivity contribution < 1.29 is 9.72 Å². The van der Waals surface area contributed by atoms with Gasteiger partial charge in [0.1, 0.15) is 5.69 Å². The van der Waals surface area contributed by atoms with Gasteiger partial charge in [-0.05, 0) is 22.8 Å². The minimum absolute atomic E-state index is 0.0103. The van der Waals surface area contributed by atoms with Crippen LogP contribution in [0.5, 0.6) is 0 Å². The quantitative estimate of drug-likeness (QED) is 0.620. The number of hydrogen-bond donors (Lipinski definition) is 2. The van der Waals surface area contributed by atoms with E-state index < -0.39 is 4.92 Å². The molecule has 25 heavy (non-hydrogen) atoms. The molecule has 0 radical (unpaired) electrons. The van der Waals surface area contributed by atoms with Crippen LogP contribution >= 0.6 is 0 Å². The third-order valence-electron chi connectivity index (χ3n) is 4.26. The van der Waals surface area contributed by atoms with Crippen molar-refractivity contribution in [2.24, 2.45) is 0 Å². The van der Waals surface area contributed by atoms with Crippen molar-refractivity contribution in [3.05, 3.63) is 69.3 Å². The lowest BCUT2D eigenvalue weighted by molar-refractivity contribution is -0.384. The summed E-state index contributed by atoms with van der Waals surface area (Å²) >= 11 is 0. The first kappa shape index (κ1) is 16.9. The van der Waals surface area contributed by atoms with E-state index in [-0.39, 0.29) is 18.1 Å². The van der Waals surface area contributed by atoms with E-state index in [0.29, 0.717) is 12.2 Å². The second kappa shape index (κ2) is 7.31. The molecule has 1 aliphatic heterocycles. The summed E-state index contributed by atoms with van der Waals surface area (Å²) in [5.74, 6) is -0.181. The minimum atomic E-state index is -0.442. The van der Waals surface area contributed by atoms with Gasteiger partial charge in [0.25, 0.3) is 5.69 Å². The summed E-state index contributed by atoms with van der Waals surface area (Å²) < 4.78 is 0. The SMILES string of the molecule is CN(CC(=O)NCc1ccc2c(c1)CNC2)c1ccccc1[N+](=O)[O-]. The van der Waals surface area contributed by atoms with E-state index >= 15 is 0 Å². The number of amides is 1. The van der Waals surface area contributed by atoms with Crippen LogP contribution in [0.25, 0.3) is 0 Å². The maximum Gasteiger partial charge on any atom is 0.292 e. The minimum Gasteiger partial charge on any atom is -0.360 e. The number of benzene rings is 2. The Balaban J connectivity index is 1.58. The monoisotopic (exact) mass is 340 g/mol. The van der Waals surface area contributed by atoms with Crippen molar-refractivity contribution in [1.82, 2.24) is 10.6 Å². The second-order valence-electron chi connectivity index (χ2n) is 6.09. The van der Waals surface area contributed by atoms with E-state index in [1.807, 2.05) is 6.07 Å². The van der Waals surface area contributed by atoms with Crippen molar-refractivity contribution >= 4 is 17.3 Å². The molecule has 0 fully saturated rings. The number of hydrogen-bond acceptors (Lipinski definition) is 5. The number of rotatable bonds is 6. The van der Waals surface area contributed by atoms with E-state index in [1.165, 1.54) is 17.2 Å². The van der Waals surface area contributed by atoms with Crippen molar-refractivity contribution in [2.75, 3.05) is 18.5 Å². The Kier molecular flexibility index (Phi) is 4.95. The predicted molar refractivity (Wildman–Crippen MR) is 95.2 cm³/mol. The van der Waals surface area contributed by atoms with Gasteiger partial charge in [-0.15, -0.1) is 0 Å². The fourth-order valence-electron chi connectivity index (χ4n) is 2.96. The Morgan fingerprint density at radius 2 is 2.00 bits per heavy atom. The summed E-state index contributed by atoms with van der Waals surface area (Å²) in [6.45, 7) is 2.24. The highest BCUT2D eigenvalue weighted by molar-refractivity contribution is 5.82. The summed E-state index contributed by atoms with van der Waals surface area (Å²) in [7, 11) is 1.67. The largest absolute Gasteiger partial charge is 0.360 e. The third-order valence-corrected chi connectivity index (χ3v) is 4.26. The number of para-hydroxylation sites is 2. The Hall–Kier alpha value is -2.93. The molecule has 1 aliphatic rings. The van der Waals surface area contributed by atoms with E-state index in [1.54, 1.807) is 30.1 Å². The lowest BCUT2D eigenvalue weighted by atomic mass is 10.1. The van der Waals surface area contributed by atoms with Crippen LogP contribution in [0.1, 0.15) is 16.7 Å². The molecule has 3 rings (SSSR count). The molecule has 2 N–H and O–H groups in total. The van der Waals surface area contributed by atoms with Crippen molar-refractivity contribution in [2.45, 2.75) is 19.6 Å². The predicted octanol–water partition coefficient (Wildman–Crippen LogP) is 1.95. The number of fused-ring (bicyclic) bond motifs is 1. The summed E-state index contributed by atoms with van der Waals surface area (Å²) in [4.78, 5) is 24.4. The maximum absolute atomic E-state index is 12.2. The Bertz CT molecular complexity index is 807. The van der Waals surface area contributed by atoms with Crippen molar-refractivity contribution in [3.8, 4) is 0 Å². The molecule has 0 aromatic heterocycles. The zero-order valence-corrected chi connectivity index (χ0v) is 14.0. The van der Waals surface area contributed by atoms with E-state index in [0.717, 1.165) is 18.7 Å². The Morgan fingerprint density at radius 1 is 1.24 bits per heavy atom. The molecule has 1 heterocycles. The summed E-state index contributed by atoms with van der Waals surface area (Å²) in [5.41, 5.74) is 4.02. The van der Waals surface area contributed by atoms with E-state index in [2.05, 4.69) is 22.8 Å². The number of anilines is 1. The third kappa shape index (κ3) is 3.95. The highest BCUT2D eigenvalue weighted by atomic mass is 16.6. The number of nitrogens with zero attached hydrogens (tertiary/aromatic N) is 2. The number of likely N-dealkylation sites (N-methyl/N-ethyl adjacent to an activating group) is 1. The second-order valence-corrected chi connectivity index (χ2v) is 6.09. The van der Waals surface area contributed by atoms with Crippen LogP contribution in [0, 0.1) is 10.1 Å². The van der Waals surface area contributed by atoms with Gasteiger partial charge in [-0.1, -0.05) is 30.3 Å². The van der Waals surface area contributed by atoms with Gasteiger partial charge in [-0.3, -0.25) is 14.9 Å². The smallest absolute Gasteiger partial charge is 0.292 e. The molecule has 0 saturated carbocycles. The van der Waals surface area contributed by atoms with Gasteiger partial charge in [-0.25, -0.2) is 0 Å². The fourth-order valence-corrected chi connectivity index (χ4v) is 2.96. The molecular weight excluding hydrogens is 320 g/mol. The normalized spacial score (nSPS) is 12.5. The Morgan fingerprint density at radius 3 is 2.80 bits per heavy atom. The molecule has 2 aromatic rings. The van der Waals surface area contributed by atoms with Gasteiger partial charge < -0.3 is 15.5 Å². The topological polar surface area (TPSA) is 87.5 Å². The highest BCUT2D eigenvalue weighted by Crippen LogP contribution is 2.26. The van der Waals surface area contributed by atoms with Crippen molar-refractivity contribution in [3.63, 3.8) is 0 Å². The molecule has 130 valence electrons. The van der Waals surface area contributed by atoms with Crippen LogP contribution in [-0.2, 0) is 24.4 Å². The van der Waals surface area contributed by atoms with Crippen molar-refractivity contribution in [1.29, 1.82) is 0 Å². The first-order valence-electron chi connectivity index (χ1n) is 8.07. The Labute approximate surface area is 145 Å². The van der Waals surface area contributed by atoms with Gasteiger partial charge in [-0.2, -0.15) is 0 Å². The zero-order chi connectivity index (χ0) is 17.8. The fraction of sp³-hybridized carbons (Fsp3) is 0.278. The van der Waals surface area contributed by atoms with Crippen LogP contribution in [0.2, 0.25) is 0 Å². The van der Waals surface area contributed by atoms with Gasteiger partial charge in [0.15, 0.2) is 0 Å². The van der Waals surface area contributed by atoms with E-state index in [9.17, 15) is 14.9 Å². The summed E-state index contributed by atoms with van der Waals surface area (Å²) in [6, 6.07) is 12.6. The lowest BCUT2D eigenvalue weighted by Gasteiger charge is -2.18. The van der Waals surface area contributed by atoms with Gasteiger partial charge in [0.2, 0.25) is 5.91 Å². The van der Waals surface area contributed by atoms with Gasteiger partial charge >= 0.3 is 0 Å². The molecular formula is C18H20N4O3. The maximum atomic E-state index is 12.2. The molecule has 1 amide bonds. The van der Waals surface area contributed by atoms with Crippen LogP contribution in [0.15, 0.2) is 42.5 Å². The van der Waals surface area contributed by atoms with Gasteiger partial charge in [0.05, 0.1) is 11.5 Å². The molecule has 7 heteroatoms. The molecule has 7 nitrogen and oxygen atoms in total. The molecule has 0 spiro atoms. The van der Waals surface area contributed by atoms with Crippen LogP contribution < -0.4 is 15.5 Å². The summed E-state index contributed by atoms with van der Waals surface area (Å²) in [5, 5.41) is 17.2. The molecule has 0 bridgehead atoms. The van der Waals surface area contributed by atoms with Gasteiger partial charge in [0, 0.05) is 32.7 Å². The molecule has 2 aromatic carbocycles. The summed E-state index contributed by atoms with van der Waals surface area (Å²) in [6.07, 6.45) is 0. The van der Waals surface area contributed by atoms with E-state index in [4.69, 9.17) is 0 Å². The van der Waals surface area contributed by atoms with Crippen LogP contribution in [-0.4, -0.2) is 24.4 Å². The first-order valence-corrected chi connectivity index (χ1v) is 8.07. The standard InChI is InChI=1S/C18H20N4O3/c1-21(16-4-2-3-5-17(16)22(24)25)12-18(23)20-9-13-6-7-14-10-19-11-15(14)8-13/h2-8,19H,9-12H2,1H3,(H,20,23).